The van der Waals surface area contributed by atoms with Crippen molar-refractivity contribution in [1.29, 1.82) is 0 Å². The van der Waals surface area contributed by atoms with Crippen LogP contribution in [0.5, 0.6) is 0 Å². The third kappa shape index (κ3) is 3.46. The molecule has 0 saturated carbocycles. The van der Waals surface area contributed by atoms with Crippen molar-refractivity contribution in [3.8, 4) is 11.4 Å². The van der Waals surface area contributed by atoms with Crippen LogP contribution in [0.25, 0.3) is 11.4 Å². The van der Waals surface area contributed by atoms with Gasteiger partial charge in [0.05, 0.1) is 16.4 Å². The maximum Gasteiger partial charge on any atom is 0.250 e. The third-order valence-corrected chi connectivity index (χ3v) is 4.80. The Morgan fingerprint density at radius 2 is 1.96 bits per heavy atom. The first kappa shape index (κ1) is 18.1. The molecular formula is C19H17ClN6O2. The Kier molecular flexibility index (Phi) is 4.79. The van der Waals surface area contributed by atoms with Crippen LogP contribution in [0.2, 0.25) is 5.02 Å². The summed E-state index contributed by atoms with van der Waals surface area (Å²) in [6.07, 6.45) is 0.204. The maximum absolute atomic E-state index is 13.0. The normalized spacial score (nSPS) is 16.3. The molecule has 8 nitrogen and oxygen atoms in total. The number of fused-ring (bicyclic) bond motifs is 1. The topological polar surface area (TPSA) is 93.0 Å². The number of amides is 2. The minimum absolute atomic E-state index is 0.107. The molecule has 2 heterocycles. The van der Waals surface area contributed by atoms with E-state index in [1.165, 1.54) is 4.80 Å². The van der Waals surface area contributed by atoms with E-state index in [2.05, 4.69) is 20.7 Å². The number of nitrogens with zero attached hydrogens (tertiary/aromatic N) is 5. The molecule has 0 bridgehead atoms. The molecule has 1 aliphatic rings. The number of para-hydroxylation sites is 2. The van der Waals surface area contributed by atoms with Crippen molar-refractivity contribution in [2.24, 2.45) is 0 Å². The molecule has 2 amide bonds. The van der Waals surface area contributed by atoms with E-state index in [-0.39, 0.29) is 30.8 Å². The molecule has 142 valence electrons. The summed E-state index contributed by atoms with van der Waals surface area (Å²) in [7, 11) is 0. The fourth-order valence-electron chi connectivity index (χ4n) is 3.23. The fraction of sp³-hybridized carbons (Fsp3) is 0.211. The van der Waals surface area contributed by atoms with E-state index in [1.54, 1.807) is 29.2 Å². The highest BCUT2D eigenvalue weighted by Gasteiger charge is 2.30. The van der Waals surface area contributed by atoms with Crippen LogP contribution < -0.4 is 10.2 Å². The SMILES string of the molecule is C[C@H]1CC(=O)Nc2ccccc2N1C(=O)Cn1nnc(-c2ccccc2Cl)n1. The van der Waals surface area contributed by atoms with E-state index in [0.717, 1.165) is 0 Å². The molecule has 0 saturated heterocycles. The van der Waals surface area contributed by atoms with E-state index in [1.807, 2.05) is 31.2 Å². The smallest absolute Gasteiger partial charge is 0.250 e. The summed E-state index contributed by atoms with van der Waals surface area (Å²) in [6.45, 7) is 1.73. The van der Waals surface area contributed by atoms with Crippen LogP contribution in [0.1, 0.15) is 13.3 Å². The van der Waals surface area contributed by atoms with Gasteiger partial charge < -0.3 is 10.2 Å². The second-order valence-corrected chi connectivity index (χ2v) is 6.91. The van der Waals surface area contributed by atoms with Gasteiger partial charge in [-0.2, -0.15) is 4.80 Å². The highest BCUT2D eigenvalue weighted by atomic mass is 35.5. The van der Waals surface area contributed by atoms with Gasteiger partial charge in [0.1, 0.15) is 6.54 Å². The molecule has 4 rings (SSSR count). The lowest BCUT2D eigenvalue weighted by molar-refractivity contribution is -0.120. The van der Waals surface area contributed by atoms with Gasteiger partial charge in [0.25, 0.3) is 5.91 Å². The van der Waals surface area contributed by atoms with Gasteiger partial charge in [-0.15, -0.1) is 10.2 Å². The molecular weight excluding hydrogens is 380 g/mol. The first-order valence-corrected chi connectivity index (χ1v) is 9.14. The Balaban J connectivity index is 1.60. The van der Waals surface area contributed by atoms with Crippen LogP contribution in [-0.2, 0) is 16.1 Å². The molecule has 1 N–H and O–H groups in total. The van der Waals surface area contributed by atoms with Crippen LogP contribution >= 0.6 is 11.6 Å². The zero-order chi connectivity index (χ0) is 19.7. The van der Waals surface area contributed by atoms with Crippen molar-refractivity contribution < 1.29 is 9.59 Å². The minimum atomic E-state index is -0.303. The number of hydrogen-bond donors (Lipinski definition) is 1. The summed E-state index contributed by atoms with van der Waals surface area (Å²) in [5.41, 5.74) is 1.90. The number of halogens is 1. The minimum Gasteiger partial charge on any atom is -0.324 e. The van der Waals surface area contributed by atoms with Crippen LogP contribution in [0.15, 0.2) is 48.5 Å². The van der Waals surface area contributed by atoms with E-state index in [0.29, 0.717) is 27.8 Å². The predicted molar refractivity (Wildman–Crippen MR) is 105 cm³/mol. The molecule has 1 aliphatic heterocycles. The van der Waals surface area contributed by atoms with Crippen molar-refractivity contribution in [3.05, 3.63) is 53.6 Å². The first-order valence-electron chi connectivity index (χ1n) is 8.76. The Morgan fingerprint density at radius 1 is 1.21 bits per heavy atom. The van der Waals surface area contributed by atoms with E-state index in [9.17, 15) is 9.59 Å². The fourth-order valence-corrected chi connectivity index (χ4v) is 3.45. The van der Waals surface area contributed by atoms with Crippen LogP contribution in [0, 0.1) is 0 Å². The number of nitrogens with one attached hydrogen (secondary N) is 1. The number of anilines is 2. The number of benzene rings is 2. The van der Waals surface area contributed by atoms with Gasteiger partial charge in [0.2, 0.25) is 11.7 Å². The standard InChI is InChI=1S/C19H17ClN6O2/c1-12-10-17(27)21-15-8-4-5-9-16(15)26(12)18(28)11-25-23-19(22-24-25)13-6-2-3-7-14(13)20/h2-9,12H,10-11H2,1H3,(H,21,27)/t12-/m0/s1. The Morgan fingerprint density at radius 3 is 2.79 bits per heavy atom. The van der Waals surface area contributed by atoms with Crippen molar-refractivity contribution in [1.82, 2.24) is 20.2 Å². The summed E-state index contributed by atoms with van der Waals surface area (Å²) >= 11 is 6.17. The van der Waals surface area contributed by atoms with Gasteiger partial charge in [0, 0.05) is 18.0 Å². The lowest BCUT2D eigenvalue weighted by Crippen LogP contribution is -2.41. The van der Waals surface area contributed by atoms with Gasteiger partial charge in [-0.05, 0) is 36.4 Å². The molecule has 2 aromatic carbocycles. The van der Waals surface area contributed by atoms with Crippen LogP contribution in [-0.4, -0.2) is 38.1 Å². The number of rotatable bonds is 3. The van der Waals surface area contributed by atoms with Gasteiger partial charge in [-0.1, -0.05) is 35.9 Å². The molecule has 0 unspecified atom stereocenters. The summed E-state index contributed by atoms with van der Waals surface area (Å²) in [5, 5.41) is 15.6. The summed E-state index contributed by atoms with van der Waals surface area (Å²) < 4.78 is 0. The van der Waals surface area contributed by atoms with Gasteiger partial charge >= 0.3 is 0 Å². The van der Waals surface area contributed by atoms with Crippen molar-refractivity contribution >= 4 is 34.8 Å². The number of tetrazole rings is 1. The van der Waals surface area contributed by atoms with Crippen LogP contribution in [0.3, 0.4) is 0 Å². The Labute approximate surface area is 166 Å². The number of hydrogen-bond acceptors (Lipinski definition) is 5. The number of carbonyl (C=O) groups excluding carboxylic acids is 2. The molecule has 0 spiro atoms. The summed E-state index contributed by atoms with van der Waals surface area (Å²) in [6, 6.07) is 14.1. The Hall–Kier alpha value is -3.26. The van der Waals surface area contributed by atoms with Gasteiger partial charge in [-0.25, -0.2) is 0 Å². The zero-order valence-electron chi connectivity index (χ0n) is 15.0. The van der Waals surface area contributed by atoms with Crippen molar-refractivity contribution in [3.63, 3.8) is 0 Å². The molecule has 3 aromatic rings. The van der Waals surface area contributed by atoms with Crippen molar-refractivity contribution in [2.45, 2.75) is 25.9 Å². The highest BCUT2D eigenvalue weighted by Crippen LogP contribution is 2.31. The monoisotopic (exact) mass is 396 g/mol. The summed E-state index contributed by atoms with van der Waals surface area (Å²) in [4.78, 5) is 28.0. The first-order chi connectivity index (χ1) is 13.5. The van der Waals surface area contributed by atoms with E-state index < -0.39 is 0 Å². The number of aromatic nitrogens is 4. The lowest BCUT2D eigenvalue weighted by atomic mass is 10.1. The average Bonchev–Trinajstić information content (AvgIpc) is 3.06. The largest absolute Gasteiger partial charge is 0.324 e. The molecule has 9 heteroatoms. The van der Waals surface area contributed by atoms with E-state index in [4.69, 9.17) is 11.6 Å². The van der Waals surface area contributed by atoms with Gasteiger partial charge in [-0.3, -0.25) is 9.59 Å². The number of carbonyl (C=O) groups is 2. The Bertz CT molecular complexity index is 1050. The predicted octanol–water partition coefficient (Wildman–Crippen LogP) is 2.76. The third-order valence-electron chi connectivity index (χ3n) is 4.47. The van der Waals surface area contributed by atoms with Gasteiger partial charge in [0.15, 0.2) is 0 Å². The summed E-state index contributed by atoms with van der Waals surface area (Å²) in [5.74, 6) is -0.0192. The maximum atomic E-state index is 13.0. The van der Waals surface area contributed by atoms with Crippen LogP contribution in [0.4, 0.5) is 11.4 Å². The molecule has 1 aromatic heterocycles. The zero-order valence-corrected chi connectivity index (χ0v) is 15.8. The molecule has 0 aliphatic carbocycles. The average molecular weight is 397 g/mol. The molecule has 1 atom stereocenters. The molecule has 0 radical (unpaired) electrons. The quantitative estimate of drug-likeness (QED) is 0.734. The second kappa shape index (κ2) is 7.40. The molecule has 0 fully saturated rings. The lowest BCUT2D eigenvalue weighted by Gasteiger charge is -2.27. The highest BCUT2D eigenvalue weighted by molar-refractivity contribution is 6.33. The molecule has 28 heavy (non-hydrogen) atoms. The van der Waals surface area contributed by atoms with Crippen molar-refractivity contribution in [2.75, 3.05) is 10.2 Å². The second-order valence-electron chi connectivity index (χ2n) is 6.51. The van der Waals surface area contributed by atoms with E-state index >= 15 is 0 Å².